The Hall–Kier alpha value is -0.980. The van der Waals surface area contributed by atoms with Crippen LogP contribution < -0.4 is 5.32 Å². The minimum absolute atomic E-state index is 0.0312. The van der Waals surface area contributed by atoms with Crippen LogP contribution in [0, 0.1) is 0 Å². The third kappa shape index (κ3) is 4.80. The van der Waals surface area contributed by atoms with Crippen LogP contribution in [-0.2, 0) is 11.2 Å². The lowest BCUT2D eigenvalue weighted by molar-refractivity contribution is -0.139. The van der Waals surface area contributed by atoms with Crippen molar-refractivity contribution in [3.63, 3.8) is 0 Å². The van der Waals surface area contributed by atoms with Crippen LogP contribution in [0.25, 0.3) is 0 Å². The summed E-state index contributed by atoms with van der Waals surface area (Å²) in [5, 5.41) is 21.9. The quantitative estimate of drug-likeness (QED) is 0.684. The number of nitrogens with one attached hydrogen (secondary N) is 1. The first-order valence-corrected chi connectivity index (χ1v) is 6.42. The average Bonchev–Trinajstić information content (AvgIpc) is 2.73. The monoisotopic (exact) mass is 258 g/mol. The van der Waals surface area contributed by atoms with Crippen LogP contribution in [0.3, 0.4) is 0 Å². The minimum atomic E-state index is -0.991. The fourth-order valence-corrected chi connectivity index (χ4v) is 2.24. The maximum atomic E-state index is 10.4. The van der Waals surface area contributed by atoms with Gasteiger partial charge in [-0.05, 0) is 13.3 Å². The van der Waals surface area contributed by atoms with Gasteiger partial charge in [-0.2, -0.15) is 0 Å². The van der Waals surface area contributed by atoms with E-state index in [-0.39, 0.29) is 19.0 Å². The number of nitrogens with zero attached hydrogens (tertiary/aromatic N) is 1. The molecule has 0 aromatic carbocycles. The second-order valence-electron chi connectivity index (χ2n) is 3.90. The number of thiazole rings is 1. The van der Waals surface area contributed by atoms with Gasteiger partial charge in [-0.15, -0.1) is 11.3 Å². The zero-order valence-corrected chi connectivity index (χ0v) is 10.8. The number of carboxylic acid groups (broad SMARTS) is 1. The molecule has 96 valence electrons. The zero-order valence-electron chi connectivity index (χ0n) is 10.0. The number of carboxylic acids is 1. The third-order valence-electron chi connectivity index (χ3n) is 2.36. The summed E-state index contributed by atoms with van der Waals surface area (Å²) >= 11 is 1.63. The normalized spacial score (nSPS) is 14.5. The standard InChI is InChI=1S/C11H18N2O3S/c1-3-9-6-13-11(17-9)7(2)12-5-8(14)4-10(15)16/h6-8,12,14H,3-5H2,1-2H3,(H,15,16). The summed E-state index contributed by atoms with van der Waals surface area (Å²) in [7, 11) is 0. The molecule has 0 aliphatic rings. The van der Waals surface area contributed by atoms with E-state index in [1.807, 2.05) is 13.1 Å². The highest BCUT2D eigenvalue weighted by Gasteiger charge is 2.13. The number of aliphatic carboxylic acids is 1. The van der Waals surface area contributed by atoms with Crippen LogP contribution in [0.15, 0.2) is 6.20 Å². The highest BCUT2D eigenvalue weighted by atomic mass is 32.1. The lowest BCUT2D eigenvalue weighted by atomic mass is 10.2. The Morgan fingerprint density at radius 1 is 1.65 bits per heavy atom. The van der Waals surface area contributed by atoms with Crippen molar-refractivity contribution in [1.29, 1.82) is 0 Å². The molecular weight excluding hydrogens is 240 g/mol. The second kappa shape index (κ2) is 6.68. The van der Waals surface area contributed by atoms with Gasteiger partial charge >= 0.3 is 5.97 Å². The van der Waals surface area contributed by atoms with E-state index in [0.29, 0.717) is 0 Å². The molecule has 0 fully saturated rings. The molecule has 1 rings (SSSR count). The molecule has 0 aliphatic heterocycles. The lowest BCUT2D eigenvalue weighted by Crippen LogP contribution is -2.30. The van der Waals surface area contributed by atoms with Crippen molar-refractivity contribution < 1.29 is 15.0 Å². The van der Waals surface area contributed by atoms with Crippen molar-refractivity contribution in [2.45, 2.75) is 38.8 Å². The van der Waals surface area contributed by atoms with E-state index in [1.165, 1.54) is 4.88 Å². The Bertz CT molecular complexity index is 367. The average molecular weight is 258 g/mol. The van der Waals surface area contributed by atoms with Gasteiger partial charge < -0.3 is 15.5 Å². The molecule has 3 N–H and O–H groups in total. The van der Waals surface area contributed by atoms with Crippen LogP contribution in [0.2, 0.25) is 0 Å². The SMILES string of the molecule is CCc1cnc(C(C)NCC(O)CC(=O)O)s1. The number of aryl methyl sites for hydroxylation is 1. The van der Waals surface area contributed by atoms with Gasteiger partial charge in [0.2, 0.25) is 0 Å². The van der Waals surface area contributed by atoms with Crippen molar-refractivity contribution in [2.24, 2.45) is 0 Å². The first-order chi connectivity index (χ1) is 8.02. The van der Waals surface area contributed by atoms with E-state index in [0.717, 1.165) is 11.4 Å². The first kappa shape index (κ1) is 14.1. The van der Waals surface area contributed by atoms with Crippen molar-refractivity contribution in [3.8, 4) is 0 Å². The molecule has 0 radical (unpaired) electrons. The summed E-state index contributed by atoms with van der Waals surface area (Å²) in [5.41, 5.74) is 0. The highest BCUT2D eigenvalue weighted by molar-refractivity contribution is 7.11. The van der Waals surface area contributed by atoms with Crippen LogP contribution in [0.1, 0.15) is 36.2 Å². The summed E-state index contributed by atoms with van der Waals surface area (Å²) < 4.78 is 0. The van der Waals surface area contributed by atoms with Crippen LogP contribution >= 0.6 is 11.3 Å². The number of aliphatic hydroxyl groups is 1. The minimum Gasteiger partial charge on any atom is -0.481 e. The maximum Gasteiger partial charge on any atom is 0.306 e. The zero-order chi connectivity index (χ0) is 12.8. The molecule has 1 aromatic heterocycles. The number of aliphatic hydroxyl groups excluding tert-OH is 1. The van der Waals surface area contributed by atoms with E-state index in [9.17, 15) is 9.90 Å². The predicted molar refractivity (Wildman–Crippen MR) is 66.2 cm³/mol. The topological polar surface area (TPSA) is 82.5 Å². The van der Waals surface area contributed by atoms with Gasteiger partial charge in [0.1, 0.15) is 5.01 Å². The van der Waals surface area contributed by atoms with E-state index in [1.54, 1.807) is 11.3 Å². The Kier molecular flexibility index (Phi) is 5.54. The molecule has 2 atom stereocenters. The van der Waals surface area contributed by atoms with Crippen molar-refractivity contribution >= 4 is 17.3 Å². The molecule has 2 unspecified atom stereocenters. The number of hydrogen-bond acceptors (Lipinski definition) is 5. The third-order valence-corrected chi connectivity index (χ3v) is 3.68. The van der Waals surface area contributed by atoms with E-state index in [2.05, 4.69) is 17.2 Å². The number of hydrogen-bond donors (Lipinski definition) is 3. The van der Waals surface area contributed by atoms with Crippen LogP contribution in [0.4, 0.5) is 0 Å². The van der Waals surface area contributed by atoms with Gasteiger partial charge in [-0.3, -0.25) is 4.79 Å². The van der Waals surface area contributed by atoms with E-state index < -0.39 is 12.1 Å². The fraction of sp³-hybridized carbons (Fsp3) is 0.636. The predicted octanol–water partition coefficient (Wildman–Crippen LogP) is 1.19. The van der Waals surface area contributed by atoms with Gasteiger partial charge in [-0.25, -0.2) is 4.98 Å². The van der Waals surface area contributed by atoms with Gasteiger partial charge in [0.15, 0.2) is 0 Å². The van der Waals surface area contributed by atoms with Crippen molar-refractivity contribution in [1.82, 2.24) is 10.3 Å². The fourth-order valence-electron chi connectivity index (χ4n) is 1.36. The largest absolute Gasteiger partial charge is 0.481 e. The smallest absolute Gasteiger partial charge is 0.306 e. The molecule has 0 bridgehead atoms. The summed E-state index contributed by atoms with van der Waals surface area (Å²) in [5.74, 6) is -0.991. The van der Waals surface area contributed by atoms with E-state index >= 15 is 0 Å². The summed E-state index contributed by atoms with van der Waals surface area (Å²) in [6.07, 6.45) is 1.72. The van der Waals surface area contributed by atoms with E-state index in [4.69, 9.17) is 5.11 Å². The Balaban J connectivity index is 2.38. The highest BCUT2D eigenvalue weighted by Crippen LogP contribution is 2.20. The van der Waals surface area contributed by atoms with Crippen molar-refractivity contribution in [2.75, 3.05) is 6.54 Å². The van der Waals surface area contributed by atoms with Crippen LogP contribution in [-0.4, -0.2) is 33.8 Å². The molecular formula is C11H18N2O3S. The first-order valence-electron chi connectivity index (χ1n) is 5.60. The summed E-state index contributed by atoms with van der Waals surface area (Å²) in [4.78, 5) is 15.9. The van der Waals surface area contributed by atoms with Crippen LogP contribution in [0.5, 0.6) is 0 Å². The summed E-state index contributed by atoms with van der Waals surface area (Å²) in [6.45, 7) is 4.28. The molecule has 0 amide bonds. The number of aromatic nitrogens is 1. The van der Waals surface area contributed by atoms with Gasteiger partial charge in [0.25, 0.3) is 0 Å². The molecule has 1 heterocycles. The van der Waals surface area contributed by atoms with Gasteiger partial charge in [0, 0.05) is 17.6 Å². The molecule has 0 spiro atoms. The Morgan fingerprint density at radius 2 is 2.35 bits per heavy atom. The number of rotatable bonds is 7. The van der Waals surface area contributed by atoms with Crippen molar-refractivity contribution in [3.05, 3.63) is 16.1 Å². The molecule has 17 heavy (non-hydrogen) atoms. The Labute approximate surface area is 105 Å². The number of carbonyl (C=O) groups is 1. The molecule has 0 aliphatic carbocycles. The van der Waals surface area contributed by atoms with Gasteiger partial charge in [0.05, 0.1) is 18.6 Å². The Morgan fingerprint density at radius 3 is 2.88 bits per heavy atom. The molecule has 0 saturated heterocycles. The maximum absolute atomic E-state index is 10.4. The molecule has 6 heteroatoms. The lowest BCUT2D eigenvalue weighted by Gasteiger charge is -2.14. The summed E-state index contributed by atoms with van der Waals surface area (Å²) in [6, 6.07) is 0.0312. The second-order valence-corrected chi connectivity index (χ2v) is 5.05. The molecule has 1 aromatic rings. The molecule has 5 nitrogen and oxygen atoms in total. The van der Waals surface area contributed by atoms with Gasteiger partial charge in [-0.1, -0.05) is 6.92 Å². The molecule has 0 saturated carbocycles.